The maximum Gasteiger partial charge on any atom is 0.266 e. The summed E-state index contributed by atoms with van der Waals surface area (Å²) in [4.78, 5) is 17.5. The Kier molecular flexibility index (Phi) is 2.16. The monoisotopic (exact) mass is 246 g/mol. The molecule has 1 aromatic carbocycles. The van der Waals surface area contributed by atoms with Crippen LogP contribution in [0.15, 0.2) is 28.4 Å². The first kappa shape index (κ1) is 10.3. The van der Waals surface area contributed by atoms with Crippen LogP contribution >= 0.6 is 11.3 Å². The van der Waals surface area contributed by atoms with Crippen molar-refractivity contribution in [3.05, 3.63) is 39.6 Å². The standard InChI is InChI=1S/C12H10N2O2S/c1-7-6-17-12-13-10-8(11(15)14(7)12)4-3-5-9(10)16-2/h3-6H,1-2H3. The van der Waals surface area contributed by atoms with Gasteiger partial charge in [0.15, 0.2) is 4.96 Å². The summed E-state index contributed by atoms with van der Waals surface area (Å²) >= 11 is 1.46. The molecule has 2 aromatic heterocycles. The number of methoxy groups -OCH3 is 1. The minimum Gasteiger partial charge on any atom is -0.494 e. The average Bonchev–Trinajstić information content (AvgIpc) is 2.71. The van der Waals surface area contributed by atoms with Gasteiger partial charge in [0.05, 0.1) is 12.5 Å². The van der Waals surface area contributed by atoms with Crippen LogP contribution in [0.1, 0.15) is 5.69 Å². The summed E-state index contributed by atoms with van der Waals surface area (Å²) in [5.41, 5.74) is 1.50. The molecule has 0 aliphatic rings. The summed E-state index contributed by atoms with van der Waals surface area (Å²) in [5, 5.41) is 2.51. The Morgan fingerprint density at radius 2 is 2.24 bits per heavy atom. The van der Waals surface area contributed by atoms with Crippen molar-refractivity contribution in [1.82, 2.24) is 9.38 Å². The number of hydrogen-bond donors (Lipinski definition) is 0. The number of aromatic nitrogens is 2. The van der Waals surface area contributed by atoms with Gasteiger partial charge in [-0.3, -0.25) is 9.20 Å². The molecule has 0 atom stereocenters. The predicted molar refractivity (Wildman–Crippen MR) is 68.1 cm³/mol. The highest BCUT2D eigenvalue weighted by molar-refractivity contribution is 7.15. The van der Waals surface area contributed by atoms with Crippen LogP contribution < -0.4 is 10.3 Å². The second-order valence-corrected chi connectivity index (χ2v) is 4.61. The Hall–Kier alpha value is -1.88. The Morgan fingerprint density at radius 3 is 3.00 bits per heavy atom. The molecule has 0 amide bonds. The van der Waals surface area contributed by atoms with Crippen LogP contribution in [0.5, 0.6) is 5.75 Å². The molecule has 4 nitrogen and oxygen atoms in total. The molecule has 0 saturated carbocycles. The molecule has 3 aromatic rings. The van der Waals surface area contributed by atoms with Gasteiger partial charge in [-0.05, 0) is 19.1 Å². The van der Waals surface area contributed by atoms with Crippen molar-refractivity contribution < 1.29 is 4.74 Å². The van der Waals surface area contributed by atoms with Crippen molar-refractivity contribution in [3.63, 3.8) is 0 Å². The minimum atomic E-state index is -0.0392. The van der Waals surface area contributed by atoms with Crippen molar-refractivity contribution >= 4 is 27.2 Å². The number of thiazole rings is 1. The van der Waals surface area contributed by atoms with E-state index < -0.39 is 0 Å². The van der Waals surface area contributed by atoms with Gasteiger partial charge in [-0.1, -0.05) is 6.07 Å². The van der Waals surface area contributed by atoms with Crippen LogP contribution in [0.2, 0.25) is 0 Å². The fraction of sp³-hybridized carbons (Fsp3) is 0.167. The third kappa shape index (κ3) is 1.36. The van der Waals surface area contributed by atoms with Crippen molar-refractivity contribution in [2.24, 2.45) is 0 Å². The van der Waals surface area contributed by atoms with Crippen LogP contribution in [0.3, 0.4) is 0 Å². The van der Waals surface area contributed by atoms with Gasteiger partial charge in [0.25, 0.3) is 5.56 Å². The summed E-state index contributed by atoms with van der Waals surface area (Å²) in [6.07, 6.45) is 0. The van der Waals surface area contributed by atoms with Crippen molar-refractivity contribution in [3.8, 4) is 5.75 Å². The van der Waals surface area contributed by atoms with Gasteiger partial charge in [0.1, 0.15) is 11.3 Å². The van der Waals surface area contributed by atoms with Crippen molar-refractivity contribution in [1.29, 1.82) is 0 Å². The quantitative estimate of drug-likeness (QED) is 0.661. The molecule has 86 valence electrons. The highest BCUT2D eigenvalue weighted by atomic mass is 32.1. The van der Waals surface area contributed by atoms with Gasteiger partial charge in [0, 0.05) is 11.1 Å². The van der Waals surface area contributed by atoms with E-state index in [1.165, 1.54) is 11.3 Å². The van der Waals surface area contributed by atoms with Gasteiger partial charge in [-0.25, -0.2) is 4.98 Å². The predicted octanol–water partition coefficient (Wildman–Crippen LogP) is 2.23. The summed E-state index contributed by atoms with van der Waals surface area (Å²) in [7, 11) is 1.58. The van der Waals surface area contributed by atoms with E-state index in [-0.39, 0.29) is 5.56 Å². The molecule has 5 heteroatoms. The zero-order chi connectivity index (χ0) is 12.0. The normalized spacial score (nSPS) is 11.2. The molecular formula is C12H10N2O2S. The molecule has 0 saturated heterocycles. The summed E-state index contributed by atoms with van der Waals surface area (Å²) in [6.45, 7) is 1.90. The van der Waals surface area contributed by atoms with Gasteiger partial charge in [-0.15, -0.1) is 11.3 Å². The lowest BCUT2D eigenvalue weighted by molar-refractivity contribution is 0.419. The molecular weight excluding hydrogens is 236 g/mol. The second kappa shape index (κ2) is 3.56. The van der Waals surface area contributed by atoms with Crippen LogP contribution in [-0.2, 0) is 0 Å². The first-order valence-corrected chi connectivity index (χ1v) is 6.04. The van der Waals surface area contributed by atoms with E-state index in [1.807, 2.05) is 18.4 Å². The first-order valence-electron chi connectivity index (χ1n) is 5.16. The molecule has 0 unspecified atom stereocenters. The maximum atomic E-state index is 12.3. The Balaban J connectivity index is 2.61. The topological polar surface area (TPSA) is 43.6 Å². The largest absolute Gasteiger partial charge is 0.494 e. The fourth-order valence-corrected chi connectivity index (χ4v) is 2.77. The lowest BCUT2D eigenvalue weighted by Crippen LogP contribution is -2.15. The summed E-state index contributed by atoms with van der Waals surface area (Å²) < 4.78 is 6.86. The zero-order valence-corrected chi connectivity index (χ0v) is 10.2. The van der Waals surface area contributed by atoms with E-state index in [0.29, 0.717) is 21.6 Å². The van der Waals surface area contributed by atoms with Crippen LogP contribution in [0.25, 0.3) is 15.9 Å². The maximum absolute atomic E-state index is 12.3. The first-order chi connectivity index (χ1) is 8.22. The highest BCUT2D eigenvalue weighted by Gasteiger charge is 2.11. The van der Waals surface area contributed by atoms with Crippen LogP contribution in [-0.4, -0.2) is 16.5 Å². The summed E-state index contributed by atoms with van der Waals surface area (Å²) in [6, 6.07) is 5.39. The minimum absolute atomic E-state index is 0.0392. The smallest absolute Gasteiger partial charge is 0.266 e. The van der Waals surface area contributed by atoms with E-state index in [9.17, 15) is 4.79 Å². The number of para-hydroxylation sites is 1. The molecule has 17 heavy (non-hydrogen) atoms. The highest BCUT2D eigenvalue weighted by Crippen LogP contribution is 2.23. The van der Waals surface area contributed by atoms with Gasteiger partial charge >= 0.3 is 0 Å². The van der Waals surface area contributed by atoms with Crippen molar-refractivity contribution in [2.75, 3.05) is 7.11 Å². The molecule has 0 N–H and O–H groups in total. The molecule has 0 fully saturated rings. The fourth-order valence-electron chi connectivity index (χ4n) is 1.91. The SMILES string of the molecule is COc1cccc2c(=O)n3c(C)csc3nc12. The number of aryl methyl sites for hydroxylation is 1. The van der Waals surface area contributed by atoms with Crippen LogP contribution in [0, 0.1) is 6.92 Å². The van der Waals surface area contributed by atoms with E-state index in [1.54, 1.807) is 23.6 Å². The van der Waals surface area contributed by atoms with E-state index >= 15 is 0 Å². The third-order valence-corrected chi connectivity index (χ3v) is 3.68. The van der Waals surface area contributed by atoms with Gasteiger partial charge < -0.3 is 4.74 Å². The molecule has 0 bridgehead atoms. The summed E-state index contributed by atoms with van der Waals surface area (Å²) in [5.74, 6) is 0.633. The number of hydrogen-bond acceptors (Lipinski definition) is 4. The number of fused-ring (bicyclic) bond motifs is 2. The second-order valence-electron chi connectivity index (χ2n) is 3.77. The van der Waals surface area contributed by atoms with E-state index in [0.717, 1.165) is 5.69 Å². The number of rotatable bonds is 1. The zero-order valence-electron chi connectivity index (χ0n) is 9.43. The van der Waals surface area contributed by atoms with Crippen LogP contribution in [0.4, 0.5) is 0 Å². The van der Waals surface area contributed by atoms with E-state index in [4.69, 9.17) is 4.74 Å². The molecule has 0 radical (unpaired) electrons. The number of ether oxygens (including phenoxy) is 1. The molecule has 0 aliphatic carbocycles. The number of nitrogens with zero attached hydrogens (tertiary/aromatic N) is 2. The van der Waals surface area contributed by atoms with Gasteiger partial charge in [-0.2, -0.15) is 0 Å². The molecule has 2 heterocycles. The van der Waals surface area contributed by atoms with Gasteiger partial charge in [0.2, 0.25) is 0 Å². The Bertz CT molecular complexity index is 773. The van der Waals surface area contributed by atoms with E-state index in [2.05, 4.69) is 4.98 Å². The third-order valence-electron chi connectivity index (χ3n) is 2.74. The lowest BCUT2D eigenvalue weighted by atomic mass is 10.2. The lowest BCUT2D eigenvalue weighted by Gasteiger charge is -2.04. The molecule has 0 aliphatic heterocycles. The average molecular weight is 246 g/mol. The van der Waals surface area contributed by atoms with Crippen molar-refractivity contribution in [2.45, 2.75) is 6.92 Å². The molecule has 3 rings (SSSR count). The Labute approximate surface area is 101 Å². The number of benzene rings is 1. The molecule has 0 spiro atoms. The Morgan fingerprint density at radius 1 is 1.41 bits per heavy atom.